The lowest BCUT2D eigenvalue weighted by Gasteiger charge is -2.48. The normalized spacial score (nSPS) is 18.1. The lowest BCUT2D eigenvalue weighted by Crippen LogP contribution is -2.55. The van der Waals surface area contributed by atoms with Gasteiger partial charge in [-0.1, -0.05) is 60.7 Å². The predicted octanol–water partition coefficient (Wildman–Crippen LogP) is 6.12. The van der Waals surface area contributed by atoms with Crippen molar-refractivity contribution < 1.29 is 24.5 Å². The molecule has 4 aromatic rings. The number of hydrogen-bond donors (Lipinski definition) is 3. The third-order valence-electron chi connectivity index (χ3n) is 6.79. The standard InChI is InChI=1S/C30H26FNO4/c31-22-7-4-8-23(18-22)32-29(26(30(32)36)15-16-27(34)20-5-2-1-3-6-20)25-14-11-21(17-28(25)35)19-9-12-24(33)13-10-19/h1-14,17-18,26-27,29,33-35H,15-16H2/t26-,27+,29-/m1/s1. The fourth-order valence-corrected chi connectivity index (χ4v) is 4.91. The van der Waals surface area contributed by atoms with Crippen molar-refractivity contribution in [1.29, 1.82) is 0 Å². The molecule has 182 valence electrons. The van der Waals surface area contributed by atoms with Crippen LogP contribution in [0.25, 0.3) is 11.1 Å². The molecule has 5 rings (SSSR count). The van der Waals surface area contributed by atoms with Crippen LogP contribution in [0.15, 0.2) is 97.1 Å². The van der Waals surface area contributed by atoms with Crippen LogP contribution in [0, 0.1) is 11.7 Å². The van der Waals surface area contributed by atoms with E-state index >= 15 is 0 Å². The highest BCUT2D eigenvalue weighted by Crippen LogP contribution is 2.49. The Kier molecular flexibility index (Phi) is 6.44. The van der Waals surface area contributed by atoms with E-state index in [1.807, 2.05) is 36.4 Å². The van der Waals surface area contributed by atoms with Crippen molar-refractivity contribution in [3.63, 3.8) is 0 Å². The van der Waals surface area contributed by atoms with Crippen LogP contribution in [0.1, 0.15) is 36.1 Å². The number of carbonyl (C=O) groups is 1. The van der Waals surface area contributed by atoms with Crippen LogP contribution < -0.4 is 4.90 Å². The molecule has 1 amide bonds. The first-order valence-corrected chi connectivity index (χ1v) is 11.9. The van der Waals surface area contributed by atoms with Gasteiger partial charge in [-0.15, -0.1) is 0 Å². The van der Waals surface area contributed by atoms with Crippen LogP contribution in [0.4, 0.5) is 10.1 Å². The Hall–Kier alpha value is -4.16. The summed E-state index contributed by atoms with van der Waals surface area (Å²) < 4.78 is 14.0. The second-order valence-electron chi connectivity index (χ2n) is 9.06. The summed E-state index contributed by atoms with van der Waals surface area (Å²) in [5, 5.41) is 31.2. The second kappa shape index (κ2) is 9.84. The van der Waals surface area contributed by atoms with Gasteiger partial charge >= 0.3 is 0 Å². The van der Waals surface area contributed by atoms with E-state index < -0.39 is 23.9 Å². The Bertz CT molecular complexity index is 1370. The van der Waals surface area contributed by atoms with Gasteiger partial charge in [0.25, 0.3) is 0 Å². The first-order valence-electron chi connectivity index (χ1n) is 11.9. The SMILES string of the molecule is O=C1[C@H](CC[C@H](O)c2ccccc2)[C@@H](c2ccc(-c3ccc(O)cc3)cc2O)N1c1cccc(F)c1. The van der Waals surface area contributed by atoms with Crippen molar-refractivity contribution in [1.82, 2.24) is 0 Å². The number of phenols is 2. The zero-order chi connectivity index (χ0) is 25.2. The fourth-order valence-electron chi connectivity index (χ4n) is 4.91. The average Bonchev–Trinajstić information content (AvgIpc) is 2.88. The minimum atomic E-state index is -0.715. The highest BCUT2D eigenvalue weighted by atomic mass is 19.1. The molecule has 0 aromatic heterocycles. The van der Waals surface area contributed by atoms with Gasteiger partial charge in [0.1, 0.15) is 17.3 Å². The van der Waals surface area contributed by atoms with Gasteiger partial charge < -0.3 is 20.2 Å². The van der Waals surface area contributed by atoms with Crippen LogP contribution in [0.2, 0.25) is 0 Å². The molecule has 3 N–H and O–H groups in total. The molecule has 5 nitrogen and oxygen atoms in total. The van der Waals surface area contributed by atoms with E-state index in [1.165, 1.54) is 17.0 Å². The zero-order valence-electron chi connectivity index (χ0n) is 19.5. The Morgan fingerprint density at radius 3 is 2.25 bits per heavy atom. The van der Waals surface area contributed by atoms with E-state index in [4.69, 9.17) is 0 Å². The molecule has 0 saturated carbocycles. The average molecular weight is 484 g/mol. The van der Waals surface area contributed by atoms with Crippen molar-refractivity contribution in [2.75, 3.05) is 4.90 Å². The number of aromatic hydroxyl groups is 2. The molecular formula is C30H26FNO4. The lowest BCUT2D eigenvalue weighted by atomic mass is 9.77. The van der Waals surface area contributed by atoms with Gasteiger partial charge in [-0.3, -0.25) is 4.79 Å². The number of hydrogen-bond acceptors (Lipinski definition) is 4. The summed E-state index contributed by atoms with van der Waals surface area (Å²) in [6.45, 7) is 0. The summed E-state index contributed by atoms with van der Waals surface area (Å²) in [5.41, 5.74) is 3.34. The quantitative estimate of drug-likeness (QED) is 0.277. The molecule has 0 unspecified atom stereocenters. The number of halogens is 1. The zero-order valence-corrected chi connectivity index (χ0v) is 19.5. The molecular weight excluding hydrogens is 457 g/mol. The van der Waals surface area contributed by atoms with Crippen molar-refractivity contribution in [2.24, 2.45) is 5.92 Å². The Morgan fingerprint density at radius 1 is 0.833 bits per heavy atom. The van der Waals surface area contributed by atoms with Gasteiger partial charge in [-0.2, -0.15) is 0 Å². The number of rotatable bonds is 7. The predicted molar refractivity (Wildman–Crippen MR) is 136 cm³/mol. The molecule has 1 fully saturated rings. The van der Waals surface area contributed by atoms with E-state index in [2.05, 4.69) is 0 Å². The number of carbonyl (C=O) groups excluding carboxylic acids is 1. The third-order valence-corrected chi connectivity index (χ3v) is 6.79. The van der Waals surface area contributed by atoms with Crippen molar-refractivity contribution in [3.05, 3.63) is 114 Å². The number of amides is 1. The molecule has 0 spiro atoms. The van der Waals surface area contributed by atoms with Gasteiger partial charge in [-0.25, -0.2) is 4.39 Å². The molecule has 0 radical (unpaired) electrons. The van der Waals surface area contributed by atoms with E-state index in [-0.39, 0.29) is 17.4 Å². The maximum absolute atomic E-state index is 14.0. The van der Waals surface area contributed by atoms with Gasteiger partial charge in [0.05, 0.1) is 18.1 Å². The monoisotopic (exact) mass is 483 g/mol. The molecule has 1 saturated heterocycles. The van der Waals surface area contributed by atoms with E-state index in [9.17, 15) is 24.5 Å². The van der Waals surface area contributed by atoms with Crippen LogP contribution >= 0.6 is 0 Å². The summed E-state index contributed by atoms with van der Waals surface area (Å²) in [4.78, 5) is 14.8. The number of aliphatic hydroxyl groups excluding tert-OH is 1. The maximum atomic E-state index is 14.0. The summed E-state index contributed by atoms with van der Waals surface area (Å²) in [7, 11) is 0. The Balaban J connectivity index is 1.45. The summed E-state index contributed by atoms with van der Waals surface area (Å²) >= 11 is 0. The smallest absolute Gasteiger partial charge is 0.233 e. The minimum absolute atomic E-state index is 0.0214. The van der Waals surface area contributed by atoms with Crippen LogP contribution in [-0.2, 0) is 4.79 Å². The summed E-state index contributed by atoms with van der Waals surface area (Å²) in [5.74, 6) is -0.925. The highest BCUT2D eigenvalue weighted by molar-refractivity contribution is 6.03. The van der Waals surface area contributed by atoms with Gasteiger partial charge in [-0.05, 0) is 65.9 Å². The maximum Gasteiger partial charge on any atom is 0.233 e. The topological polar surface area (TPSA) is 81.0 Å². The van der Waals surface area contributed by atoms with Crippen LogP contribution in [-0.4, -0.2) is 21.2 Å². The molecule has 0 aliphatic carbocycles. The minimum Gasteiger partial charge on any atom is -0.508 e. The van der Waals surface area contributed by atoms with Crippen LogP contribution in [0.5, 0.6) is 11.5 Å². The molecule has 1 aliphatic heterocycles. The lowest BCUT2D eigenvalue weighted by molar-refractivity contribution is -0.131. The number of phenolic OH excluding ortho intramolecular Hbond substituents is 2. The second-order valence-corrected chi connectivity index (χ2v) is 9.06. The molecule has 3 atom stereocenters. The molecule has 36 heavy (non-hydrogen) atoms. The third kappa shape index (κ3) is 4.55. The number of anilines is 1. The van der Waals surface area contributed by atoms with E-state index in [1.54, 1.807) is 48.5 Å². The molecule has 1 aliphatic rings. The van der Waals surface area contributed by atoms with Gasteiger partial charge in [0.2, 0.25) is 5.91 Å². The largest absolute Gasteiger partial charge is 0.508 e. The molecule has 0 bridgehead atoms. The Morgan fingerprint density at radius 2 is 1.56 bits per heavy atom. The number of β-lactam (4-membered cyclic amide) rings is 1. The van der Waals surface area contributed by atoms with E-state index in [0.717, 1.165) is 16.7 Å². The number of aliphatic hydroxyl groups is 1. The van der Waals surface area contributed by atoms with Gasteiger partial charge in [0, 0.05) is 11.3 Å². The van der Waals surface area contributed by atoms with Crippen molar-refractivity contribution >= 4 is 11.6 Å². The molecule has 1 heterocycles. The van der Waals surface area contributed by atoms with Crippen LogP contribution in [0.3, 0.4) is 0 Å². The summed E-state index contributed by atoms with van der Waals surface area (Å²) in [6.07, 6.45) is 0.0680. The number of nitrogens with zero attached hydrogens (tertiary/aromatic N) is 1. The molecule has 4 aromatic carbocycles. The van der Waals surface area contributed by atoms with Gasteiger partial charge in [0.15, 0.2) is 0 Å². The van der Waals surface area contributed by atoms with Crippen molar-refractivity contribution in [3.8, 4) is 22.6 Å². The first-order chi connectivity index (χ1) is 17.4. The number of benzene rings is 4. The first kappa shape index (κ1) is 23.6. The van der Waals surface area contributed by atoms with Crippen molar-refractivity contribution in [2.45, 2.75) is 25.0 Å². The summed E-state index contributed by atoms with van der Waals surface area (Å²) in [6, 6.07) is 26.5. The highest BCUT2D eigenvalue weighted by Gasteiger charge is 2.49. The fraction of sp³-hybridized carbons (Fsp3) is 0.167. The van der Waals surface area contributed by atoms with E-state index in [0.29, 0.717) is 24.1 Å². The Labute approximate surface area is 208 Å². The molecule has 6 heteroatoms.